The lowest BCUT2D eigenvalue weighted by atomic mass is 9.89. The molecule has 0 spiro atoms. The summed E-state index contributed by atoms with van der Waals surface area (Å²) in [6.45, 7) is 10.5. The van der Waals surface area contributed by atoms with Gasteiger partial charge in [-0.15, -0.1) is 5.10 Å². The van der Waals surface area contributed by atoms with Crippen LogP contribution < -0.4 is 0 Å². The van der Waals surface area contributed by atoms with E-state index in [0.29, 0.717) is 6.42 Å². The zero-order valence-electron chi connectivity index (χ0n) is 12.8. The molecule has 20 heavy (non-hydrogen) atoms. The topological polar surface area (TPSA) is 46.0 Å². The summed E-state index contributed by atoms with van der Waals surface area (Å²) in [6.07, 6.45) is 0.0786. The minimum Gasteiger partial charge on any atom is -0.387 e. The van der Waals surface area contributed by atoms with E-state index in [9.17, 15) is 5.11 Å². The highest BCUT2D eigenvalue weighted by Crippen LogP contribution is 2.32. The molecule has 0 saturated carbocycles. The summed E-state index contributed by atoms with van der Waals surface area (Å²) in [7, 11) is 0. The van der Waals surface area contributed by atoms with Crippen molar-refractivity contribution in [2.45, 2.75) is 52.6 Å². The van der Waals surface area contributed by atoms with Crippen LogP contribution in [-0.4, -0.2) is 14.7 Å². The molecule has 0 saturated heterocycles. The van der Waals surface area contributed by atoms with Gasteiger partial charge < -0.3 is 5.11 Å². The van der Waals surface area contributed by atoms with Crippen molar-refractivity contribution >= 4 is 11.5 Å². The molecular weight excluding hydrogens is 268 g/mol. The summed E-state index contributed by atoms with van der Waals surface area (Å²) in [5, 5.41) is 14.8. The van der Waals surface area contributed by atoms with E-state index < -0.39 is 6.10 Å². The van der Waals surface area contributed by atoms with Crippen molar-refractivity contribution in [2.75, 3.05) is 0 Å². The maximum atomic E-state index is 10.6. The molecule has 1 aromatic carbocycles. The van der Waals surface area contributed by atoms with Crippen LogP contribution in [0.3, 0.4) is 0 Å². The van der Waals surface area contributed by atoms with Crippen LogP contribution in [0.5, 0.6) is 0 Å². The molecule has 1 unspecified atom stereocenters. The summed E-state index contributed by atoms with van der Waals surface area (Å²) < 4.78 is 4.03. The minimum atomic E-state index is -0.538. The standard InChI is InChI=1S/C16H22N2OS/c1-10-7-6-8-11(2)12(10)9-13(19)14-15(16(3,4)5)17-18-20-14/h6-8,13,19H,9H2,1-5H3. The Morgan fingerprint density at radius 2 is 1.80 bits per heavy atom. The third-order valence-corrected chi connectivity index (χ3v) is 4.39. The van der Waals surface area contributed by atoms with Gasteiger partial charge in [-0.3, -0.25) is 0 Å². The Bertz CT molecular complexity index is 579. The quantitative estimate of drug-likeness (QED) is 0.937. The molecule has 1 atom stereocenters. The first kappa shape index (κ1) is 15.1. The molecule has 108 valence electrons. The highest BCUT2D eigenvalue weighted by molar-refractivity contribution is 7.05. The van der Waals surface area contributed by atoms with Crippen LogP contribution in [0.4, 0.5) is 0 Å². The number of hydrogen-bond acceptors (Lipinski definition) is 4. The Kier molecular flexibility index (Phi) is 4.25. The molecule has 0 radical (unpaired) electrons. The predicted molar refractivity (Wildman–Crippen MR) is 83.2 cm³/mol. The molecule has 3 nitrogen and oxygen atoms in total. The molecule has 0 bridgehead atoms. The summed E-state index contributed by atoms with van der Waals surface area (Å²) in [5.41, 5.74) is 4.47. The van der Waals surface area contributed by atoms with Crippen molar-refractivity contribution in [3.05, 3.63) is 45.5 Å². The van der Waals surface area contributed by atoms with Crippen LogP contribution in [0.2, 0.25) is 0 Å². The van der Waals surface area contributed by atoms with Gasteiger partial charge in [-0.1, -0.05) is 43.5 Å². The first-order chi connectivity index (χ1) is 9.30. The van der Waals surface area contributed by atoms with Crippen molar-refractivity contribution < 1.29 is 5.11 Å². The number of aliphatic hydroxyl groups is 1. The molecule has 0 aliphatic rings. The molecule has 2 aromatic rings. The van der Waals surface area contributed by atoms with E-state index >= 15 is 0 Å². The summed E-state index contributed by atoms with van der Waals surface area (Å²) in [6, 6.07) is 6.23. The van der Waals surface area contributed by atoms with E-state index in [0.717, 1.165) is 10.6 Å². The van der Waals surface area contributed by atoms with Crippen molar-refractivity contribution in [3.63, 3.8) is 0 Å². The van der Waals surface area contributed by atoms with Gasteiger partial charge in [0.1, 0.15) is 0 Å². The number of aliphatic hydroxyl groups excluding tert-OH is 1. The van der Waals surface area contributed by atoms with Crippen LogP contribution in [0.15, 0.2) is 18.2 Å². The summed E-state index contributed by atoms with van der Waals surface area (Å²) in [5.74, 6) is 0. The number of aryl methyl sites for hydroxylation is 2. The van der Waals surface area contributed by atoms with Gasteiger partial charge in [-0.2, -0.15) is 0 Å². The monoisotopic (exact) mass is 290 g/mol. The second-order valence-electron chi connectivity index (χ2n) is 6.33. The van der Waals surface area contributed by atoms with E-state index in [-0.39, 0.29) is 5.41 Å². The minimum absolute atomic E-state index is 0.0932. The number of aromatic nitrogens is 2. The fourth-order valence-electron chi connectivity index (χ4n) is 2.39. The van der Waals surface area contributed by atoms with Crippen LogP contribution in [0.25, 0.3) is 0 Å². The van der Waals surface area contributed by atoms with Crippen LogP contribution in [0.1, 0.15) is 54.1 Å². The van der Waals surface area contributed by atoms with E-state index in [1.54, 1.807) is 0 Å². The third kappa shape index (κ3) is 3.07. The van der Waals surface area contributed by atoms with Crippen molar-refractivity contribution in [3.8, 4) is 0 Å². The van der Waals surface area contributed by atoms with Gasteiger partial charge in [0.2, 0.25) is 0 Å². The highest BCUT2D eigenvalue weighted by atomic mass is 32.1. The second kappa shape index (κ2) is 5.62. The lowest BCUT2D eigenvalue weighted by Gasteiger charge is -2.20. The maximum Gasteiger partial charge on any atom is 0.0957 e. The van der Waals surface area contributed by atoms with Crippen LogP contribution in [0, 0.1) is 13.8 Å². The first-order valence-corrected chi connectivity index (χ1v) is 7.64. The normalized spacial score (nSPS) is 13.5. The van der Waals surface area contributed by atoms with E-state index in [1.807, 2.05) is 0 Å². The second-order valence-corrected chi connectivity index (χ2v) is 7.11. The molecule has 0 aliphatic heterocycles. The molecule has 1 heterocycles. The van der Waals surface area contributed by atoms with E-state index in [4.69, 9.17) is 0 Å². The predicted octanol–water partition coefficient (Wildman–Crippen LogP) is 3.73. The number of nitrogens with zero attached hydrogens (tertiary/aromatic N) is 2. The Morgan fingerprint density at radius 1 is 1.20 bits per heavy atom. The Hall–Kier alpha value is -1.26. The van der Waals surface area contributed by atoms with Gasteiger partial charge >= 0.3 is 0 Å². The fraction of sp³-hybridized carbons (Fsp3) is 0.500. The average molecular weight is 290 g/mol. The molecule has 2 rings (SSSR count). The van der Waals surface area contributed by atoms with Crippen LogP contribution >= 0.6 is 11.5 Å². The number of benzene rings is 1. The third-order valence-electron chi connectivity index (χ3n) is 3.57. The summed E-state index contributed by atoms with van der Waals surface area (Å²) in [4.78, 5) is 0.889. The SMILES string of the molecule is Cc1cccc(C)c1CC(O)c1snnc1C(C)(C)C. The van der Waals surface area contributed by atoms with Gasteiger partial charge in [0.05, 0.1) is 16.7 Å². The van der Waals surface area contributed by atoms with E-state index in [1.165, 1.54) is 28.2 Å². The molecule has 1 N–H and O–H groups in total. The lowest BCUT2D eigenvalue weighted by Crippen LogP contribution is -2.16. The van der Waals surface area contributed by atoms with Gasteiger partial charge in [-0.25, -0.2) is 0 Å². The highest BCUT2D eigenvalue weighted by Gasteiger charge is 2.26. The Balaban J connectivity index is 2.30. The fourth-order valence-corrected chi connectivity index (χ4v) is 3.24. The van der Waals surface area contributed by atoms with Crippen molar-refractivity contribution in [2.24, 2.45) is 0 Å². The lowest BCUT2D eigenvalue weighted by molar-refractivity contribution is 0.179. The van der Waals surface area contributed by atoms with Gasteiger partial charge in [0.25, 0.3) is 0 Å². The van der Waals surface area contributed by atoms with Crippen molar-refractivity contribution in [1.82, 2.24) is 9.59 Å². The molecule has 1 aromatic heterocycles. The Labute approximate surface area is 124 Å². The number of hydrogen-bond donors (Lipinski definition) is 1. The number of rotatable bonds is 3. The summed E-state index contributed by atoms with van der Waals surface area (Å²) >= 11 is 1.30. The van der Waals surface area contributed by atoms with Gasteiger partial charge in [-0.05, 0) is 42.1 Å². The Morgan fingerprint density at radius 3 is 2.35 bits per heavy atom. The molecule has 0 amide bonds. The maximum absolute atomic E-state index is 10.6. The molecule has 0 fully saturated rings. The molecular formula is C16H22N2OS. The zero-order chi connectivity index (χ0) is 14.9. The largest absolute Gasteiger partial charge is 0.387 e. The van der Waals surface area contributed by atoms with E-state index in [2.05, 4.69) is 62.4 Å². The first-order valence-electron chi connectivity index (χ1n) is 6.86. The zero-order valence-corrected chi connectivity index (χ0v) is 13.6. The van der Waals surface area contributed by atoms with Gasteiger partial charge in [0, 0.05) is 11.8 Å². The molecule has 4 heteroatoms. The average Bonchev–Trinajstić information content (AvgIpc) is 2.82. The van der Waals surface area contributed by atoms with Crippen LogP contribution in [-0.2, 0) is 11.8 Å². The van der Waals surface area contributed by atoms with Gasteiger partial charge in [0.15, 0.2) is 0 Å². The molecule has 0 aliphatic carbocycles. The smallest absolute Gasteiger partial charge is 0.0957 e. The van der Waals surface area contributed by atoms with Crippen molar-refractivity contribution in [1.29, 1.82) is 0 Å².